The predicted octanol–water partition coefficient (Wildman–Crippen LogP) is 1.57. The van der Waals surface area contributed by atoms with Crippen LogP contribution in [0.2, 0.25) is 0 Å². The molecule has 3 unspecified atom stereocenters. The van der Waals surface area contributed by atoms with Gasteiger partial charge in [-0.05, 0) is 36.8 Å². The van der Waals surface area contributed by atoms with Crippen molar-refractivity contribution >= 4 is 0 Å². The van der Waals surface area contributed by atoms with Crippen LogP contribution in [0.4, 0.5) is 0 Å². The first-order chi connectivity index (χ1) is 7.88. The summed E-state index contributed by atoms with van der Waals surface area (Å²) in [5, 5.41) is 0. The first-order valence-corrected chi connectivity index (χ1v) is 6.24. The van der Waals surface area contributed by atoms with Crippen LogP contribution in [-0.2, 0) is 0 Å². The molecule has 1 aliphatic heterocycles. The van der Waals surface area contributed by atoms with E-state index in [1.165, 1.54) is 31.4 Å². The fourth-order valence-electron chi connectivity index (χ4n) is 3.38. The second-order valence-electron chi connectivity index (χ2n) is 5.07. The van der Waals surface area contributed by atoms with Crippen LogP contribution in [0.15, 0.2) is 24.5 Å². The molecule has 16 heavy (non-hydrogen) atoms. The van der Waals surface area contributed by atoms with Crippen LogP contribution in [0.25, 0.3) is 0 Å². The molecule has 2 heterocycles. The van der Waals surface area contributed by atoms with E-state index in [2.05, 4.69) is 16.0 Å². The van der Waals surface area contributed by atoms with Gasteiger partial charge in [0, 0.05) is 37.6 Å². The quantitative estimate of drug-likeness (QED) is 0.835. The summed E-state index contributed by atoms with van der Waals surface area (Å²) >= 11 is 0. The summed E-state index contributed by atoms with van der Waals surface area (Å²) in [6.45, 7) is 1.94. The molecule has 2 bridgehead atoms. The largest absolute Gasteiger partial charge is 0.329 e. The van der Waals surface area contributed by atoms with Crippen LogP contribution in [0.5, 0.6) is 0 Å². The average molecular weight is 217 g/mol. The maximum Gasteiger partial charge on any atom is 0.0488 e. The highest BCUT2D eigenvalue weighted by atomic mass is 15.2. The van der Waals surface area contributed by atoms with Crippen LogP contribution < -0.4 is 5.73 Å². The highest BCUT2D eigenvalue weighted by Crippen LogP contribution is 2.41. The minimum Gasteiger partial charge on any atom is -0.329 e. The van der Waals surface area contributed by atoms with Gasteiger partial charge in [0.2, 0.25) is 0 Å². The lowest BCUT2D eigenvalue weighted by Gasteiger charge is -2.34. The molecule has 2 N–H and O–H groups in total. The second-order valence-corrected chi connectivity index (χ2v) is 5.07. The van der Waals surface area contributed by atoms with Gasteiger partial charge in [-0.25, -0.2) is 0 Å². The second kappa shape index (κ2) is 4.15. The first kappa shape index (κ1) is 10.2. The summed E-state index contributed by atoms with van der Waals surface area (Å²) < 4.78 is 0. The summed E-state index contributed by atoms with van der Waals surface area (Å²) in [4.78, 5) is 6.81. The lowest BCUT2D eigenvalue weighted by molar-refractivity contribution is 0.153. The minimum atomic E-state index is 0.379. The van der Waals surface area contributed by atoms with E-state index in [1.54, 1.807) is 0 Å². The molecule has 0 amide bonds. The van der Waals surface area contributed by atoms with Gasteiger partial charge in [-0.2, -0.15) is 0 Å². The SMILES string of the molecule is NCC(c1cccnc1)N1CC2CCC1C2. The summed E-state index contributed by atoms with van der Waals surface area (Å²) in [5.74, 6) is 0.927. The van der Waals surface area contributed by atoms with Crippen molar-refractivity contribution < 1.29 is 0 Å². The molecule has 3 heteroatoms. The molecule has 2 aliphatic rings. The zero-order valence-corrected chi connectivity index (χ0v) is 9.55. The zero-order chi connectivity index (χ0) is 11.0. The fraction of sp³-hybridized carbons (Fsp3) is 0.615. The van der Waals surface area contributed by atoms with Gasteiger partial charge in [-0.3, -0.25) is 9.88 Å². The Morgan fingerprint density at radius 1 is 1.50 bits per heavy atom. The van der Waals surface area contributed by atoms with Gasteiger partial charge in [0.05, 0.1) is 0 Å². The number of hydrogen-bond donors (Lipinski definition) is 1. The third-order valence-electron chi connectivity index (χ3n) is 4.14. The normalized spacial score (nSPS) is 30.8. The van der Waals surface area contributed by atoms with Gasteiger partial charge in [0.25, 0.3) is 0 Å². The molecule has 0 spiro atoms. The Morgan fingerprint density at radius 2 is 2.44 bits per heavy atom. The number of pyridine rings is 1. The standard InChI is InChI=1S/C13H19N3/c14-7-13(11-2-1-5-15-8-11)16-9-10-3-4-12(16)6-10/h1-2,5,8,10,12-13H,3-4,6-7,9,14H2. The van der Waals surface area contributed by atoms with Gasteiger partial charge < -0.3 is 5.73 Å². The fourth-order valence-corrected chi connectivity index (χ4v) is 3.38. The molecule has 1 aromatic rings. The van der Waals surface area contributed by atoms with Gasteiger partial charge >= 0.3 is 0 Å². The van der Waals surface area contributed by atoms with Crippen molar-refractivity contribution in [1.82, 2.24) is 9.88 Å². The number of piperidine rings is 1. The van der Waals surface area contributed by atoms with Crippen molar-refractivity contribution in [3.05, 3.63) is 30.1 Å². The Labute approximate surface area is 96.7 Å². The van der Waals surface area contributed by atoms with E-state index in [1.807, 2.05) is 18.5 Å². The summed E-state index contributed by atoms with van der Waals surface area (Å²) in [6, 6.07) is 5.31. The molecule has 1 saturated heterocycles. The smallest absolute Gasteiger partial charge is 0.0488 e. The van der Waals surface area contributed by atoms with E-state index in [0.29, 0.717) is 12.6 Å². The summed E-state index contributed by atoms with van der Waals surface area (Å²) in [5.41, 5.74) is 7.22. The van der Waals surface area contributed by atoms with E-state index in [0.717, 1.165) is 12.0 Å². The molecule has 1 aliphatic carbocycles. The van der Waals surface area contributed by atoms with Crippen LogP contribution in [0, 0.1) is 5.92 Å². The van der Waals surface area contributed by atoms with Crippen LogP contribution >= 0.6 is 0 Å². The van der Waals surface area contributed by atoms with Gasteiger partial charge in [-0.1, -0.05) is 6.07 Å². The molecule has 3 rings (SSSR count). The number of likely N-dealkylation sites (tertiary alicyclic amines) is 1. The van der Waals surface area contributed by atoms with E-state index in [9.17, 15) is 0 Å². The van der Waals surface area contributed by atoms with Crippen molar-refractivity contribution in [3.63, 3.8) is 0 Å². The third kappa shape index (κ3) is 1.64. The van der Waals surface area contributed by atoms with Gasteiger partial charge in [-0.15, -0.1) is 0 Å². The van der Waals surface area contributed by atoms with E-state index < -0.39 is 0 Å². The molecule has 3 nitrogen and oxygen atoms in total. The maximum absolute atomic E-state index is 5.95. The Hall–Kier alpha value is -0.930. The Kier molecular flexibility index (Phi) is 2.65. The van der Waals surface area contributed by atoms with Crippen molar-refractivity contribution in [3.8, 4) is 0 Å². The molecule has 0 radical (unpaired) electrons. The van der Waals surface area contributed by atoms with Crippen molar-refractivity contribution in [2.45, 2.75) is 31.3 Å². The molecule has 1 saturated carbocycles. The number of fused-ring (bicyclic) bond motifs is 2. The minimum absolute atomic E-state index is 0.379. The third-order valence-corrected chi connectivity index (χ3v) is 4.14. The summed E-state index contributed by atoms with van der Waals surface area (Å²) in [7, 11) is 0. The molecule has 3 atom stereocenters. The molecule has 0 aromatic carbocycles. The highest BCUT2D eigenvalue weighted by molar-refractivity contribution is 5.16. The molecule has 1 aromatic heterocycles. The number of aromatic nitrogens is 1. The van der Waals surface area contributed by atoms with Crippen molar-refractivity contribution in [1.29, 1.82) is 0 Å². The van der Waals surface area contributed by atoms with Crippen LogP contribution in [0.1, 0.15) is 30.9 Å². The summed E-state index contributed by atoms with van der Waals surface area (Å²) in [6.07, 6.45) is 7.96. The molecule has 86 valence electrons. The molecule has 2 fully saturated rings. The van der Waals surface area contributed by atoms with E-state index in [4.69, 9.17) is 5.73 Å². The van der Waals surface area contributed by atoms with Crippen LogP contribution in [0.3, 0.4) is 0 Å². The van der Waals surface area contributed by atoms with Crippen molar-refractivity contribution in [2.75, 3.05) is 13.1 Å². The number of rotatable bonds is 3. The Balaban J connectivity index is 1.81. The topological polar surface area (TPSA) is 42.1 Å². The van der Waals surface area contributed by atoms with E-state index >= 15 is 0 Å². The first-order valence-electron chi connectivity index (χ1n) is 6.24. The molecular weight excluding hydrogens is 198 g/mol. The number of nitrogens with two attached hydrogens (primary N) is 1. The lowest BCUT2D eigenvalue weighted by Crippen LogP contribution is -2.39. The lowest BCUT2D eigenvalue weighted by atomic mass is 10.0. The average Bonchev–Trinajstić information content (AvgIpc) is 2.94. The van der Waals surface area contributed by atoms with Crippen molar-refractivity contribution in [2.24, 2.45) is 11.7 Å². The zero-order valence-electron chi connectivity index (χ0n) is 9.55. The van der Waals surface area contributed by atoms with Gasteiger partial charge in [0.15, 0.2) is 0 Å². The Bertz CT molecular complexity index is 351. The van der Waals surface area contributed by atoms with E-state index in [-0.39, 0.29) is 0 Å². The van der Waals surface area contributed by atoms with Crippen LogP contribution in [-0.4, -0.2) is 29.0 Å². The predicted molar refractivity (Wildman–Crippen MR) is 63.9 cm³/mol. The number of hydrogen-bond acceptors (Lipinski definition) is 3. The number of nitrogens with zero attached hydrogens (tertiary/aromatic N) is 2. The highest BCUT2D eigenvalue weighted by Gasteiger charge is 2.40. The maximum atomic E-state index is 5.95. The Morgan fingerprint density at radius 3 is 3.00 bits per heavy atom. The monoisotopic (exact) mass is 217 g/mol. The van der Waals surface area contributed by atoms with Gasteiger partial charge in [0.1, 0.15) is 0 Å². The molecular formula is C13H19N3.